The molecule has 0 radical (unpaired) electrons. The quantitative estimate of drug-likeness (QED) is 0.612. The fourth-order valence-electron chi connectivity index (χ4n) is 2.00. The van der Waals surface area contributed by atoms with E-state index in [9.17, 15) is 0 Å². The highest BCUT2D eigenvalue weighted by Gasteiger charge is 2.04. The van der Waals surface area contributed by atoms with Gasteiger partial charge in [0.15, 0.2) is 0 Å². The summed E-state index contributed by atoms with van der Waals surface area (Å²) in [6, 6.07) is 4.37. The summed E-state index contributed by atoms with van der Waals surface area (Å²) in [6.07, 6.45) is 1.95. The Bertz CT molecular complexity index is 498. The number of benzene rings is 1. The third kappa shape index (κ3) is 1.29. The highest BCUT2D eigenvalue weighted by molar-refractivity contribution is 5.86. The van der Waals surface area contributed by atoms with Crippen LogP contribution in [0.4, 0.5) is 0 Å². The molecule has 2 aromatic rings. The van der Waals surface area contributed by atoms with Crippen LogP contribution in [0, 0.1) is 27.7 Å². The van der Waals surface area contributed by atoms with E-state index < -0.39 is 0 Å². The summed E-state index contributed by atoms with van der Waals surface area (Å²) in [4.78, 5) is 4.46. The van der Waals surface area contributed by atoms with Gasteiger partial charge in [0.05, 0.1) is 5.52 Å². The van der Waals surface area contributed by atoms with Crippen LogP contribution in [0.25, 0.3) is 10.9 Å². The number of pyridine rings is 1. The van der Waals surface area contributed by atoms with E-state index in [1.807, 2.05) is 6.20 Å². The zero-order chi connectivity index (χ0) is 10.3. The first-order valence-corrected chi connectivity index (χ1v) is 4.93. The topological polar surface area (TPSA) is 12.9 Å². The molecule has 0 N–H and O–H groups in total. The third-order valence-electron chi connectivity index (χ3n) is 2.82. The minimum Gasteiger partial charge on any atom is -0.256 e. The van der Waals surface area contributed by atoms with Crippen molar-refractivity contribution in [3.05, 3.63) is 40.6 Å². The van der Waals surface area contributed by atoms with E-state index in [0.717, 1.165) is 5.52 Å². The lowest BCUT2D eigenvalue weighted by Gasteiger charge is -2.08. The van der Waals surface area contributed by atoms with Gasteiger partial charge in [-0.3, -0.25) is 4.98 Å². The maximum atomic E-state index is 4.46. The molecule has 1 aromatic heterocycles. The molecule has 0 unspecified atom stereocenters. The highest BCUT2D eigenvalue weighted by atomic mass is 14.7. The largest absolute Gasteiger partial charge is 0.256 e. The van der Waals surface area contributed by atoms with Gasteiger partial charge in [-0.05, 0) is 56.0 Å². The molecular weight excluding hydrogens is 170 g/mol. The van der Waals surface area contributed by atoms with Crippen LogP contribution in [0.15, 0.2) is 18.3 Å². The maximum Gasteiger partial charge on any atom is 0.0710 e. The van der Waals surface area contributed by atoms with E-state index in [4.69, 9.17) is 0 Å². The molecule has 2 rings (SSSR count). The molecule has 0 bridgehead atoms. The number of aryl methyl sites for hydroxylation is 4. The van der Waals surface area contributed by atoms with E-state index in [0.29, 0.717) is 0 Å². The number of rotatable bonds is 0. The SMILES string of the molecule is Cc1cc(C)c2c(C)c(C)cnc2c1. The van der Waals surface area contributed by atoms with Gasteiger partial charge in [-0.25, -0.2) is 0 Å². The summed E-state index contributed by atoms with van der Waals surface area (Å²) < 4.78 is 0. The molecule has 1 heteroatoms. The zero-order valence-electron chi connectivity index (χ0n) is 9.18. The van der Waals surface area contributed by atoms with Crippen molar-refractivity contribution in [1.29, 1.82) is 0 Å². The fourth-order valence-corrected chi connectivity index (χ4v) is 2.00. The predicted octanol–water partition coefficient (Wildman–Crippen LogP) is 3.47. The van der Waals surface area contributed by atoms with Crippen LogP contribution < -0.4 is 0 Å². The summed E-state index contributed by atoms with van der Waals surface area (Å²) >= 11 is 0. The Kier molecular flexibility index (Phi) is 2.03. The Balaban J connectivity index is 2.95. The highest BCUT2D eigenvalue weighted by Crippen LogP contribution is 2.23. The van der Waals surface area contributed by atoms with Crippen molar-refractivity contribution in [2.24, 2.45) is 0 Å². The van der Waals surface area contributed by atoms with Gasteiger partial charge in [-0.1, -0.05) is 6.07 Å². The maximum absolute atomic E-state index is 4.46. The van der Waals surface area contributed by atoms with Crippen molar-refractivity contribution in [1.82, 2.24) is 4.98 Å². The molecule has 0 saturated carbocycles. The number of hydrogen-bond donors (Lipinski definition) is 0. The summed E-state index contributed by atoms with van der Waals surface area (Å²) in [7, 11) is 0. The van der Waals surface area contributed by atoms with Crippen LogP contribution in [-0.4, -0.2) is 4.98 Å². The Hall–Kier alpha value is -1.37. The summed E-state index contributed by atoms with van der Waals surface area (Å²) in [5, 5.41) is 1.32. The number of aromatic nitrogens is 1. The fraction of sp³-hybridized carbons (Fsp3) is 0.308. The van der Waals surface area contributed by atoms with Gasteiger partial charge >= 0.3 is 0 Å². The van der Waals surface area contributed by atoms with Gasteiger partial charge in [0, 0.05) is 11.6 Å². The minimum atomic E-state index is 1.12. The lowest BCUT2D eigenvalue weighted by Crippen LogP contribution is -1.91. The average molecular weight is 185 g/mol. The van der Waals surface area contributed by atoms with Gasteiger partial charge in [0.25, 0.3) is 0 Å². The van der Waals surface area contributed by atoms with Crippen LogP contribution >= 0.6 is 0 Å². The second kappa shape index (κ2) is 3.09. The molecule has 0 fully saturated rings. The molecule has 0 aliphatic carbocycles. The molecule has 0 atom stereocenters. The molecule has 0 saturated heterocycles. The van der Waals surface area contributed by atoms with Crippen molar-refractivity contribution in [3.8, 4) is 0 Å². The monoisotopic (exact) mass is 185 g/mol. The van der Waals surface area contributed by atoms with Gasteiger partial charge < -0.3 is 0 Å². The van der Waals surface area contributed by atoms with Crippen molar-refractivity contribution in [3.63, 3.8) is 0 Å². The lowest BCUT2D eigenvalue weighted by atomic mass is 10.00. The molecule has 1 heterocycles. The van der Waals surface area contributed by atoms with Gasteiger partial charge in [0.1, 0.15) is 0 Å². The number of fused-ring (bicyclic) bond motifs is 1. The smallest absolute Gasteiger partial charge is 0.0710 e. The Morgan fingerprint density at radius 1 is 0.929 bits per heavy atom. The molecule has 72 valence electrons. The van der Waals surface area contributed by atoms with Crippen LogP contribution in [0.5, 0.6) is 0 Å². The van der Waals surface area contributed by atoms with E-state index in [1.54, 1.807) is 0 Å². The second-order valence-corrected chi connectivity index (χ2v) is 4.04. The van der Waals surface area contributed by atoms with Crippen LogP contribution in [-0.2, 0) is 0 Å². The van der Waals surface area contributed by atoms with Crippen molar-refractivity contribution >= 4 is 10.9 Å². The summed E-state index contributed by atoms with van der Waals surface area (Å²) in [5.74, 6) is 0. The van der Waals surface area contributed by atoms with Crippen molar-refractivity contribution in [2.75, 3.05) is 0 Å². The first-order valence-electron chi connectivity index (χ1n) is 4.93. The van der Waals surface area contributed by atoms with Crippen molar-refractivity contribution in [2.45, 2.75) is 27.7 Å². The van der Waals surface area contributed by atoms with Crippen LogP contribution in [0.1, 0.15) is 22.3 Å². The number of nitrogens with zero attached hydrogens (tertiary/aromatic N) is 1. The first-order chi connectivity index (χ1) is 6.59. The van der Waals surface area contributed by atoms with Gasteiger partial charge in [-0.2, -0.15) is 0 Å². The third-order valence-corrected chi connectivity index (χ3v) is 2.82. The lowest BCUT2D eigenvalue weighted by molar-refractivity contribution is 1.26. The number of hydrogen-bond acceptors (Lipinski definition) is 1. The van der Waals surface area contributed by atoms with Crippen LogP contribution in [0.2, 0.25) is 0 Å². The van der Waals surface area contributed by atoms with Gasteiger partial charge in [-0.15, -0.1) is 0 Å². The summed E-state index contributed by atoms with van der Waals surface area (Å²) in [6.45, 7) is 8.55. The standard InChI is InChI=1S/C13H15N/c1-8-5-9(2)13-11(4)10(3)7-14-12(13)6-8/h5-7H,1-4H3. The Labute approximate surface area is 84.8 Å². The molecule has 0 aliphatic rings. The molecule has 1 aromatic carbocycles. The van der Waals surface area contributed by atoms with E-state index >= 15 is 0 Å². The van der Waals surface area contributed by atoms with E-state index in [1.165, 1.54) is 27.6 Å². The Morgan fingerprint density at radius 3 is 2.36 bits per heavy atom. The second-order valence-electron chi connectivity index (χ2n) is 4.04. The molecule has 0 aliphatic heterocycles. The van der Waals surface area contributed by atoms with Crippen LogP contribution in [0.3, 0.4) is 0 Å². The first kappa shape index (κ1) is 9.20. The van der Waals surface area contributed by atoms with Gasteiger partial charge in [0.2, 0.25) is 0 Å². The summed E-state index contributed by atoms with van der Waals surface area (Å²) in [5.41, 5.74) is 6.35. The molecule has 0 spiro atoms. The zero-order valence-corrected chi connectivity index (χ0v) is 9.18. The molecule has 14 heavy (non-hydrogen) atoms. The minimum absolute atomic E-state index is 1.12. The molecule has 0 amide bonds. The normalized spacial score (nSPS) is 10.9. The predicted molar refractivity (Wildman–Crippen MR) is 60.7 cm³/mol. The van der Waals surface area contributed by atoms with E-state index in [2.05, 4.69) is 44.8 Å². The molecular formula is C13H15N. The molecule has 1 nitrogen and oxygen atoms in total. The van der Waals surface area contributed by atoms with Crippen molar-refractivity contribution < 1.29 is 0 Å². The Morgan fingerprint density at radius 2 is 1.64 bits per heavy atom. The average Bonchev–Trinajstić information content (AvgIpc) is 2.10. The van der Waals surface area contributed by atoms with E-state index in [-0.39, 0.29) is 0 Å².